The molecule has 6 rings (SSSR count). The molecule has 10 heteroatoms. The van der Waals surface area contributed by atoms with E-state index < -0.39 is 12.1 Å². The molecular formula is C35H36BrClFN3O4. The molecule has 2 amide bonds. The van der Waals surface area contributed by atoms with Crippen LogP contribution in [0.15, 0.2) is 76.8 Å². The van der Waals surface area contributed by atoms with E-state index in [4.69, 9.17) is 16.3 Å². The average Bonchev–Trinajstić information content (AvgIpc) is 3.87. The van der Waals surface area contributed by atoms with Crippen LogP contribution < -0.4 is 10.1 Å². The molecule has 7 nitrogen and oxygen atoms in total. The smallest absolute Gasteiger partial charge is 0.408 e. The van der Waals surface area contributed by atoms with Crippen LogP contribution in [0.3, 0.4) is 0 Å². The highest BCUT2D eigenvalue weighted by atomic mass is 79.9. The van der Waals surface area contributed by atoms with Crippen molar-refractivity contribution >= 4 is 45.1 Å². The Morgan fingerprint density at radius 3 is 2.58 bits per heavy atom. The van der Waals surface area contributed by atoms with E-state index in [1.54, 1.807) is 6.07 Å². The van der Waals surface area contributed by atoms with Gasteiger partial charge in [-0.1, -0.05) is 54.1 Å². The van der Waals surface area contributed by atoms with Gasteiger partial charge in [-0.25, -0.2) is 9.18 Å². The normalized spacial score (nSPS) is 19.4. The number of rotatable bonds is 11. The Morgan fingerprint density at radius 1 is 1.07 bits per heavy atom. The van der Waals surface area contributed by atoms with Gasteiger partial charge in [-0.2, -0.15) is 0 Å². The molecule has 2 heterocycles. The molecule has 3 aliphatic rings. The van der Waals surface area contributed by atoms with Crippen molar-refractivity contribution < 1.29 is 23.8 Å². The third-order valence-electron chi connectivity index (χ3n) is 8.89. The first kappa shape index (κ1) is 31.6. The number of carbonyl (C=O) groups is 2. The Labute approximate surface area is 276 Å². The quantitative estimate of drug-likeness (QED) is 0.212. The van der Waals surface area contributed by atoms with Crippen LogP contribution in [0.4, 0.5) is 9.18 Å². The molecule has 45 heavy (non-hydrogen) atoms. The van der Waals surface area contributed by atoms with Crippen LogP contribution in [0.25, 0.3) is 5.57 Å². The van der Waals surface area contributed by atoms with Crippen LogP contribution in [0.5, 0.6) is 5.75 Å². The third-order valence-corrected chi connectivity index (χ3v) is 9.91. The molecule has 2 N–H and O–H groups in total. The van der Waals surface area contributed by atoms with Gasteiger partial charge in [-0.05, 0) is 94.9 Å². The van der Waals surface area contributed by atoms with Crippen molar-refractivity contribution in [2.75, 3.05) is 26.2 Å². The molecule has 1 aliphatic carbocycles. The van der Waals surface area contributed by atoms with Crippen LogP contribution in [-0.4, -0.2) is 71.3 Å². The fourth-order valence-corrected chi connectivity index (χ4v) is 7.07. The van der Waals surface area contributed by atoms with Gasteiger partial charge in [0.05, 0.1) is 23.2 Å². The summed E-state index contributed by atoms with van der Waals surface area (Å²) in [6.07, 6.45) is 3.52. The van der Waals surface area contributed by atoms with Gasteiger partial charge >= 0.3 is 6.09 Å². The molecule has 0 spiro atoms. The molecule has 0 unspecified atom stereocenters. The van der Waals surface area contributed by atoms with Crippen LogP contribution in [-0.2, 0) is 17.6 Å². The van der Waals surface area contributed by atoms with Gasteiger partial charge < -0.3 is 20.1 Å². The second-order valence-electron chi connectivity index (χ2n) is 11.9. The monoisotopic (exact) mass is 695 g/mol. The highest BCUT2D eigenvalue weighted by Crippen LogP contribution is 2.39. The fraction of sp³-hybridized carbons (Fsp3) is 0.371. The van der Waals surface area contributed by atoms with E-state index in [-0.39, 0.29) is 23.8 Å². The van der Waals surface area contributed by atoms with Gasteiger partial charge in [-0.15, -0.1) is 0 Å². The number of hydrogen-bond donors (Lipinski definition) is 2. The Balaban J connectivity index is 1.23. The number of fused-ring (bicyclic) bond motifs is 2. The van der Waals surface area contributed by atoms with Crippen molar-refractivity contribution in [3.8, 4) is 5.75 Å². The van der Waals surface area contributed by atoms with E-state index in [1.807, 2.05) is 41.3 Å². The molecule has 0 radical (unpaired) electrons. The molecule has 2 atom stereocenters. The first-order chi connectivity index (χ1) is 21.8. The average molecular weight is 697 g/mol. The molecule has 2 bridgehead atoms. The summed E-state index contributed by atoms with van der Waals surface area (Å²) in [6, 6.07) is 19.6. The molecule has 0 aromatic heterocycles. The van der Waals surface area contributed by atoms with Gasteiger partial charge in [-0.3, -0.25) is 9.69 Å². The van der Waals surface area contributed by atoms with E-state index in [9.17, 15) is 19.1 Å². The van der Waals surface area contributed by atoms with Crippen molar-refractivity contribution in [1.29, 1.82) is 0 Å². The summed E-state index contributed by atoms with van der Waals surface area (Å²) in [5.74, 6) is 0.0583. The Morgan fingerprint density at radius 2 is 1.84 bits per heavy atom. The van der Waals surface area contributed by atoms with E-state index >= 15 is 0 Å². The van der Waals surface area contributed by atoms with Crippen LogP contribution in [0.1, 0.15) is 42.4 Å². The minimum atomic E-state index is -0.993. The van der Waals surface area contributed by atoms with E-state index in [1.165, 1.54) is 17.0 Å². The number of nitrogens with zero attached hydrogens (tertiary/aromatic N) is 2. The van der Waals surface area contributed by atoms with Crippen molar-refractivity contribution in [3.05, 3.63) is 104 Å². The van der Waals surface area contributed by atoms with Crippen LogP contribution >= 0.6 is 27.5 Å². The van der Waals surface area contributed by atoms with Gasteiger partial charge in [0.1, 0.15) is 11.6 Å². The van der Waals surface area contributed by atoms with Crippen molar-refractivity contribution in [2.24, 2.45) is 0 Å². The number of hydrogen-bond acceptors (Lipinski definition) is 4. The van der Waals surface area contributed by atoms with Crippen molar-refractivity contribution in [3.63, 3.8) is 0 Å². The maximum atomic E-state index is 14.5. The molecule has 1 saturated carbocycles. The lowest BCUT2D eigenvalue weighted by Crippen LogP contribution is -2.63. The first-order valence-electron chi connectivity index (χ1n) is 15.5. The predicted molar refractivity (Wildman–Crippen MR) is 176 cm³/mol. The number of amides is 2. The van der Waals surface area contributed by atoms with Crippen LogP contribution in [0, 0.1) is 5.82 Å². The topological polar surface area (TPSA) is 82.1 Å². The number of aryl methyl sites for hydroxylation is 1. The van der Waals surface area contributed by atoms with E-state index in [0.29, 0.717) is 59.9 Å². The van der Waals surface area contributed by atoms with Gasteiger partial charge in [0.2, 0.25) is 0 Å². The molecule has 236 valence electrons. The number of halogens is 3. The lowest BCUT2D eigenvalue weighted by Gasteiger charge is -2.47. The fourth-order valence-electron chi connectivity index (χ4n) is 6.48. The largest absolute Gasteiger partial charge is 0.492 e. The zero-order valence-electron chi connectivity index (χ0n) is 24.9. The van der Waals surface area contributed by atoms with Gasteiger partial charge in [0, 0.05) is 42.3 Å². The summed E-state index contributed by atoms with van der Waals surface area (Å²) in [5.41, 5.74) is 4.58. The molecule has 3 aromatic carbocycles. The van der Waals surface area contributed by atoms with Gasteiger partial charge in [0.15, 0.2) is 0 Å². The number of carboxylic acid groups (broad SMARTS) is 1. The summed E-state index contributed by atoms with van der Waals surface area (Å²) in [6.45, 7) is 1.91. The third kappa shape index (κ3) is 7.21. The summed E-state index contributed by atoms with van der Waals surface area (Å²) >= 11 is 9.83. The lowest BCUT2D eigenvalue weighted by molar-refractivity contribution is -0.128. The second kappa shape index (κ2) is 13.9. The minimum Gasteiger partial charge on any atom is -0.492 e. The number of nitrogens with one attached hydrogen (secondary N) is 1. The van der Waals surface area contributed by atoms with Crippen molar-refractivity contribution in [1.82, 2.24) is 15.1 Å². The number of benzene rings is 3. The lowest BCUT2D eigenvalue weighted by atomic mass is 9.81. The molecule has 2 aliphatic heterocycles. The predicted octanol–water partition coefficient (Wildman–Crippen LogP) is 6.96. The molecule has 2 fully saturated rings. The standard InChI is InChI=1S/C35H36BrClFN3O4/c36-29-14-11-25(38)18-32(29)45-17-3-4-22-7-9-23(10-8-22)28-19-27-20-39-21-31(41(27)35(43)44)33(28)34(42)40(26-12-13-26)16-15-24-5-1-2-6-30(24)37/h1-2,5-11,14,18,26-27,31,39H,3-4,12-13,15-17,19-21H2,(H,43,44)/t27-,31-/m1/s1. The second-order valence-corrected chi connectivity index (χ2v) is 13.2. The summed E-state index contributed by atoms with van der Waals surface area (Å²) < 4.78 is 20.0. The summed E-state index contributed by atoms with van der Waals surface area (Å²) in [4.78, 5) is 30.4. The molecule has 3 aromatic rings. The minimum absolute atomic E-state index is 0.0808. The molecule has 1 saturated heterocycles. The maximum absolute atomic E-state index is 14.5. The van der Waals surface area contributed by atoms with Crippen molar-refractivity contribution in [2.45, 2.75) is 56.7 Å². The number of piperazine rings is 1. The van der Waals surface area contributed by atoms with E-state index in [0.717, 1.165) is 47.9 Å². The highest BCUT2D eigenvalue weighted by molar-refractivity contribution is 9.10. The number of carbonyl (C=O) groups excluding carboxylic acids is 1. The highest BCUT2D eigenvalue weighted by Gasteiger charge is 2.46. The SMILES string of the molecule is O=C(C1=C(c2ccc(CCCOc3cc(F)ccc3Br)cc2)C[C@@H]2CNC[C@H]1N2C(=O)O)N(CCc1ccccc1Cl)C1CC1. The zero-order chi connectivity index (χ0) is 31.5. The molecular weight excluding hydrogens is 661 g/mol. The summed E-state index contributed by atoms with van der Waals surface area (Å²) in [5, 5.41) is 14.2. The van der Waals surface area contributed by atoms with Crippen LogP contribution in [0.2, 0.25) is 5.02 Å². The van der Waals surface area contributed by atoms with Gasteiger partial charge in [0.25, 0.3) is 5.91 Å². The Hall–Kier alpha value is -3.40. The zero-order valence-corrected chi connectivity index (χ0v) is 27.2. The maximum Gasteiger partial charge on any atom is 0.408 e. The summed E-state index contributed by atoms with van der Waals surface area (Å²) in [7, 11) is 0. The Bertz CT molecular complexity index is 1600. The first-order valence-corrected chi connectivity index (χ1v) is 16.6. The number of ether oxygens (including phenoxy) is 1. The Kier molecular flexibility index (Phi) is 9.78. The van der Waals surface area contributed by atoms with E-state index in [2.05, 4.69) is 33.4 Å².